The van der Waals surface area contributed by atoms with E-state index in [1.165, 1.54) is 0 Å². The van der Waals surface area contributed by atoms with Crippen molar-refractivity contribution in [3.8, 4) is 5.75 Å². The molecule has 0 aromatic heterocycles. The molecule has 1 atom stereocenters. The van der Waals surface area contributed by atoms with E-state index in [4.69, 9.17) is 4.74 Å². The monoisotopic (exact) mass is 265 g/mol. The molecule has 19 heavy (non-hydrogen) atoms. The fourth-order valence-electron chi connectivity index (χ4n) is 1.78. The van der Waals surface area contributed by atoms with E-state index in [0.717, 1.165) is 30.0 Å². The van der Waals surface area contributed by atoms with Gasteiger partial charge < -0.3 is 15.2 Å². The van der Waals surface area contributed by atoms with Crippen molar-refractivity contribution in [1.29, 1.82) is 0 Å². The van der Waals surface area contributed by atoms with Crippen molar-refractivity contribution in [3.05, 3.63) is 23.8 Å². The van der Waals surface area contributed by atoms with E-state index in [-0.39, 0.29) is 18.1 Å². The number of aliphatic hydroxyl groups is 1. The molecular formula is C16H27NO2. The first kappa shape index (κ1) is 15.8. The fourth-order valence-corrected chi connectivity index (χ4v) is 1.78. The third-order valence-electron chi connectivity index (χ3n) is 3.51. The first-order valence-electron chi connectivity index (χ1n) is 7.02. The number of aliphatic hydroxyl groups excluding tert-OH is 1. The summed E-state index contributed by atoms with van der Waals surface area (Å²) >= 11 is 0. The summed E-state index contributed by atoms with van der Waals surface area (Å²) in [5.41, 5.74) is 2.19. The van der Waals surface area contributed by atoms with E-state index < -0.39 is 0 Å². The van der Waals surface area contributed by atoms with Gasteiger partial charge in [-0.05, 0) is 51.0 Å². The van der Waals surface area contributed by atoms with Gasteiger partial charge >= 0.3 is 0 Å². The second-order valence-corrected chi connectivity index (χ2v) is 5.82. The molecule has 0 aliphatic rings. The third kappa shape index (κ3) is 4.75. The third-order valence-corrected chi connectivity index (χ3v) is 3.51. The van der Waals surface area contributed by atoms with Crippen LogP contribution in [-0.2, 0) is 0 Å². The van der Waals surface area contributed by atoms with Gasteiger partial charge in [0.15, 0.2) is 0 Å². The Labute approximate surface area is 117 Å². The van der Waals surface area contributed by atoms with Gasteiger partial charge in [0.25, 0.3) is 0 Å². The van der Waals surface area contributed by atoms with Gasteiger partial charge in [-0.3, -0.25) is 0 Å². The van der Waals surface area contributed by atoms with Crippen LogP contribution in [0.4, 0.5) is 5.69 Å². The Morgan fingerprint density at radius 1 is 1.37 bits per heavy atom. The Morgan fingerprint density at radius 3 is 2.53 bits per heavy atom. The number of ether oxygens (including phenoxy) is 1. The highest BCUT2D eigenvalue weighted by atomic mass is 16.5. The maximum absolute atomic E-state index is 9.42. The van der Waals surface area contributed by atoms with E-state index in [2.05, 4.69) is 26.1 Å². The molecule has 0 aliphatic carbocycles. The number of nitrogens with one attached hydrogen (secondary N) is 1. The molecule has 2 N–H and O–H groups in total. The molecule has 0 saturated heterocycles. The van der Waals surface area contributed by atoms with Crippen molar-refractivity contribution in [2.45, 2.75) is 47.1 Å². The van der Waals surface area contributed by atoms with Gasteiger partial charge in [0, 0.05) is 17.6 Å². The molecule has 1 unspecified atom stereocenters. The zero-order chi connectivity index (χ0) is 14.5. The maximum Gasteiger partial charge on any atom is 0.120 e. The first-order chi connectivity index (χ1) is 8.90. The zero-order valence-corrected chi connectivity index (χ0v) is 12.8. The van der Waals surface area contributed by atoms with Crippen LogP contribution in [0.3, 0.4) is 0 Å². The Bertz CT molecular complexity index is 398. The van der Waals surface area contributed by atoms with Gasteiger partial charge in [0.05, 0.1) is 12.7 Å². The second kappa shape index (κ2) is 6.80. The maximum atomic E-state index is 9.42. The highest BCUT2D eigenvalue weighted by molar-refractivity contribution is 5.53. The predicted molar refractivity (Wildman–Crippen MR) is 80.9 cm³/mol. The summed E-state index contributed by atoms with van der Waals surface area (Å²) in [5, 5.41) is 12.8. The van der Waals surface area contributed by atoms with Crippen molar-refractivity contribution in [2.75, 3.05) is 18.5 Å². The Morgan fingerprint density at radius 2 is 2.05 bits per heavy atom. The standard InChI is InChI=1S/C16H27NO2/c1-6-16(5,11-18)10-17-15-8-7-14(9-13(15)4)19-12(2)3/h7-9,12,17-18H,6,10-11H2,1-5H3. The fraction of sp³-hybridized carbons (Fsp3) is 0.625. The molecule has 0 radical (unpaired) electrons. The van der Waals surface area contributed by atoms with Gasteiger partial charge in [-0.15, -0.1) is 0 Å². The minimum Gasteiger partial charge on any atom is -0.491 e. The predicted octanol–water partition coefficient (Wildman–Crippen LogP) is 3.60. The smallest absolute Gasteiger partial charge is 0.120 e. The molecule has 108 valence electrons. The van der Waals surface area contributed by atoms with Crippen molar-refractivity contribution in [1.82, 2.24) is 0 Å². The van der Waals surface area contributed by atoms with Gasteiger partial charge in [-0.2, -0.15) is 0 Å². The lowest BCUT2D eigenvalue weighted by Gasteiger charge is -2.27. The van der Waals surface area contributed by atoms with Gasteiger partial charge in [0.1, 0.15) is 5.75 Å². The summed E-state index contributed by atoms with van der Waals surface area (Å²) in [6.45, 7) is 11.3. The average molecular weight is 265 g/mol. The number of hydrogen-bond donors (Lipinski definition) is 2. The number of aryl methyl sites for hydroxylation is 1. The van der Waals surface area contributed by atoms with Crippen LogP contribution in [0.15, 0.2) is 18.2 Å². The van der Waals surface area contributed by atoms with Crippen LogP contribution in [0, 0.1) is 12.3 Å². The summed E-state index contributed by atoms with van der Waals surface area (Å²) in [5.74, 6) is 0.901. The summed E-state index contributed by atoms with van der Waals surface area (Å²) in [6.07, 6.45) is 1.14. The summed E-state index contributed by atoms with van der Waals surface area (Å²) in [7, 11) is 0. The molecule has 1 aromatic rings. The second-order valence-electron chi connectivity index (χ2n) is 5.82. The Hall–Kier alpha value is -1.22. The molecular weight excluding hydrogens is 238 g/mol. The van der Waals surface area contributed by atoms with Crippen molar-refractivity contribution in [3.63, 3.8) is 0 Å². The van der Waals surface area contributed by atoms with Gasteiger partial charge in [-0.25, -0.2) is 0 Å². The molecule has 3 heteroatoms. The molecule has 1 rings (SSSR count). The summed E-state index contributed by atoms with van der Waals surface area (Å²) in [4.78, 5) is 0. The quantitative estimate of drug-likeness (QED) is 0.791. The number of rotatable bonds is 7. The van der Waals surface area contributed by atoms with Crippen molar-refractivity contribution >= 4 is 5.69 Å². The lowest BCUT2D eigenvalue weighted by molar-refractivity contribution is 0.149. The molecule has 0 amide bonds. The van der Waals surface area contributed by atoms with Crippen molar-refractivity contribution in [2.24, 2.45) is 5.41 Å². The molecule has 0 fully saturated rings. The molecule has 0 spiro atoms. The van der Waals surface area contributed by atoms with Crippen molar-refractivity contribution < 1.29 is 9.84 Å². The Balaban J connectivity index is 2.70. The largest absolute Gasteiger partial charge is 0.491 e. The van der Waals surface area contributed by atoms with E-state index >= 15 is 0 Å². The number of hydrogen-bond acceptors (Lipinski definition) is 3. The molecule has 3 nitrogen and oxygen atoms in total. The average Bonchev–Trinajstić information content (AvgIpc) is 2.36. The van der Waals surface area contributed by atoms with Crippen LogP contribution in [0.25, 0.3) is 0 Å². The summed E-state index contributed by atoms with van der Waals surface area (Å²) < 4.78 is 5.67. The Kier molecular flexibility index (Phi) is 5.67. The molecule has 0 saturated carbocycles. The minimum atomic E-state index is -0.0699. The first-order valence-corrected chi connectivity index (χ1v) is 7.02. The lowest BCUT2D eigenvalue weighted by atomic mass is 9.88. The van der Waals surface area contributed by atoms with E-state index in [1.807, 2.05) is 32.0 Å². The molecule has 1 aromatic carbocycles. The van der Waals surface area contributed by atoms with Crippen LogP contribution >= 0.6 is 0 Å². The van der Waals surface area contributed by atoms with E-state index in [9.17, 15) is 5.11 Å². The molecule has 0 aliphatic heterocycles. The van der Waals surface area contributed by atoms with E-state index in [1.54, 1.807) is 0 Å². The SMILES string of the molecule is CCC(C)(CO)CNc1ccc(OC(C)C)cc1C. The van der Waals surface area contributed by atoms with Gasteiger partial charge in [-0.1, -0.05) is 13.8 Å². The van der Waals surface area contributed by atoms with Crippen LogP contribution in [-0.4, -0.2) is 24.4 Å². The highest BCUT2D eigenvalue weighted by Gasteiger charge is 2.20. The van der Waals surface area contributed by atoms with Gasteiger partial charge in [0.2, 0.25) is 0 Å². The highest BCUT2D eigenvalue weighted by Crippen LogP contribution is 2.25. The normalized spacial score (nSPS) is 14.3. The molecule has 0 bridgehead atoms. The topological polar surface area (TPSA) is 41.5 Å². The minimum absolute atomic E-state index is 0.0699. The lowest BCUT2D eigenvalue weighted by Crippen LogP contribution is -2.29. The van der Waals surface area contributed by atoms with Crippen LogP contribution in [0.5, 0.6) is 5.75 Å². The number of benzene rings is 1. The zero-order valence-electron chi connectivity index (χ0n) is 12.8. The van der Waals surface area contributed by atoms with E-state index in [0.29, 0.717) is 0 Å². The number of anilines is 1. The van der Waals surface area contributed by atoms with Crippen LogP contribution in [0.2, 0.25) is 0 Å². The van der Waals surface area contributed by atoms with Crippen LogP contribution in [0.1, 0.15) is 39.7 Å². The van der Waals surface area contributed by atoms with Crippen LogP contribution < -0.4 is 10.1 Å². The molecule has 0 heterocycles. The summed E-state index contributed by atoms with van der Waals surface area (Å²) in [6, 6.07) is 6.07.